The summed E-state index contributed by atoms with van der Waals surface area (Å²) in [5.74, 6) is 1.61. The first-order chi connectivity index (χ1) is 15.1. The van der Waals surface area contributed by atoms with Crippen LogP contribution in [0, 0.1) is 34.5 Å². The molecule has 32 heavy (non-hydrogen) atoms. The molecule has 4 fully saturated rings. The molecule has 2 N–H and O–H groups in total. The van der Waals surface area contributed by atoms with Crippen molar-refractivity contribution >= 4 is 0 Å². The van der Waals surface area contributed by atoms with E-state index in [-0.39, 0.29) is 22.7 Å². The predicted molar refractivity (Wildman–Crippen MR) is 124 cm³/mol. The summed E-state index contributed by atoms with van der Waals surface area (Å²) in [4.78, 5) is 9.91. The maximum absolute atomic E-state index is 11.7. The van der Waals surface area contributed by atoms with Crippen molar-refractivity contribution in [1.82, 2.24) is 9.97 Å². The molecule has 0 spiro atoms. The number of rotatable bonds is 3. The van der Waals surface area contributed by atoms with Crippen LogP contribution in [0.15, 0.2) is 36.4 Å². The van der Waals surface area contributed by atoms with E-state index in [4.69, 9.17) is 9.97 Å². The Hall–Kier alpha value is -1.78. The summed E-state index contributed by atoms with van der Waals surface area (Å²) in [6, 6.07) is 11.9. The number of hydrogen-bond acceptors (Lipinski definition) is 4. The Bertz CT molecular complexity index is 993. The van der Waals surface area contributed by atoms with E-state index in [9.17, 15) is 10.2 Å². The molecule has 4 bridgehead atoms. The lowest BCUT2D eigenvalue weighted by atomic mass is 9.76. The number of aliphatic hydroxyl groups is 2. The normalized spacial score (nSPS) is 40.8. The highest BCUT2D eigenvalue weighted by Crippen LogP contribution is 2.66. The summed E-state index contributed by atoms with van der Waals surface area (Å²) in [5, 5.41) is 23.5. The minimum Gasteiger partial charge on any atom is -0.383 e. The number of hydrogen-bond donors (Lipinski definition) is 2. The maximum atomic E-state index is 11.7. The summed E-state index contributed by atoms with van der Waals surface area (Å²) < 4.78 is 0. The van der Waals surface area contributed by atoms with Crippen LogP contribution in [-0.4, -0.2) is 20.2 Å². The van der Waals surface area contributed by atoms with Crippen molar-refractivity contribution < 1.29 is 10.2 Å². The van der Waals surface area contributed by atoms with Crippen LogP contribution in [0.5, 0.6) is 0 Å². The van der Waals surface area contributed by atoms with E-state index in [1.165, 1.54) is 12.8 Å². The van der Waals surface area contributed by atoms with Crippen LogP contribution >= 0.6 is 0 Å². The molecule has 4 aliphatic carbocycles. The third kappa shape index (κ3) is 2.57. The van der Waals surface area contributed by atoms with E-state index >= 15 is 0 Å². The Morgan fingerprint density at radius 3 is 1.38 bits per heavy atom. The highest BCUT2D eigenvalue weighted by atomic mass is 16.3. The number of pyridine rings is 2. The molecule has 6 atom stereocenters. The van der Waals surface area contributed by atoms with Crippen LogP contribution in [0.3, 0.4) is 0 Å². The summed E-state index contributed by atoms with van der Waals surface area (Å²) in [6.07, 6.45) is 6.15. The molecular formula is C28H36N2O2. The van der Waals surface area contributed by atoms with Gasteiger partial charge in [-0.15, -0.1) is 0 Å². The van der Waals surface area contributed by atoms with Gasteiger partial charge in [-0.1, -0.05) is 39.8 Å². The maximum Gasteiger partial charge on any atom is 0.110 e. The van der Waals surface area contributed by atoms with E-state index in [2.05, 4.69) is 27.7 Å². The van der Waals surface area contributed by atoms with Crippen LogP contribution in [0.25, 0.3) is 11.4 Å². The number of fused-ring (bicyclic) bond motifs is 4. The van der Waals surface area contributed by atoms with Crippen molar-refractivity contribution in [3.8, 4) is 11.4 Å². The van der Waals surface area contributed by atoms with Gasteiger partial charge in [-0.25, -0.2) is 9.97 Å². The van der Waals surface area contributed by atoms with Crippen molar-refractivity contribution in [2.75, 3.05) is 0 Å². The molecule has 4 aliphatic rings. The molecule has 4 heteroatoms. The molecule has 4 nitrogen and oxygen atoms in total. The molecule has 0 saturated heterocycles. The summed E-state index contributed by atoms with van der Waals surface area (Å²) in [5.41, 5.74) is 1.73. The summed E-state index contributed by atoms with van der Waals surface area (Å²) >= 11 is 0. The van der Waals surface area contributed by atoms with Crippen LogP contribution in [0.4, 0.5) is 0 Å². The van der Waals surface area contributed by atoms with Crippen molar-refractivity contribution in [2.45, 2.75) is 77.4 Å². The van der Waals surface area contributed by atoms with Gasteiger partial charge in [-0.05, 0) is 97.3 Å². The lowest BCUT2D eigenvalue weighted by Crippen LogP contribution is -2.36. The first-order valence-corrected chi connectivity index (χ1v) is 12.5. The second kappa shape index (κ2) is 6.42. The van der Waals surface area contributed by atoms with Gasteiger partial charge < -0.3 is 10.2 Å². The quantitative estimate of drug-likeness (QED) is 0.679. The average molecular weight is 433 g/mol. The Morgan fingerprint density at radius 2 is 1.06 bits per heavy atom. The zero-order valence-corrected chi connectivity index (χ0v) is 19.8. The van der Waals surface area contributed by atoms with Gasteiger partial charge in [0.2, 0.25) is 0 Å². The Kier molecular flexibility index (Phi) is 4.17. The average Bonchev–Trinajstić information content (AvgIpc) is 3.37. The smallest absolute Gasteiger partial charge is 0.110 e. The predicted octanol–water partition coefficient (Wildman–Crippen LogP) is 5.43. The molecule has 2 aromatic rings. The van der Waals surface area contributed by atoms with Crippen LogP contribution in [0.1, 0.15) is 77.6 Å². The van der Waals surface area contributed by atoms with Gasteiger partial charge in [0.05, 0.1) is 22.8 Å². The lowest BCUT2D eigenvalue weighted by Gasteiger charge is -2.35. The van der Waals surface area contributed by atoms with Gasteiger partial charge in [-0.2, -0.15) is 0 Å². The topological polar surface area (TPSA) is 66.2 Å². The largest absolute Gasteiger partial charge is 0.383 e. The molecule has 0 aliphatic heterocycles. The Morgan fingerprint density at radius 1 is 0.656 bits per heavy atom. The molecule has 2 heterocycles. The van der Waals surface area contributed by atoms with E-state index in [1.54, 1.807) is 0 Å². The van der Waals surface area contributed by atoms with Crippen LogP contribution in [0.2, 0.25) is 0 Å². The number of aromatic nitrogens is 2. The monoisotopic (exact) mass is 432 g/mol. The fraction of sp³-hybridized carbons (Fsp3) is 0.643. The Balaban J connectivity index is 1.36. The van der Waals surface area contributed by atoms with Gasteiger partial charge in [0.1, 0.15) is 11.2 Å². The van der Waals surface area contributed by atoms with E-state index in [0.29, 0.717) is 11.8 Å². The molecule has 0 radical (unpaired) electrons. The minimum absolute atomic E-state index is 0.155. The van der Waals surface area contributed by atoms with Crippen LogP contribution in [-0.2, 0) is 11.2 Å². The minimum atomic E-state index is -0.854. The van der Waals surface area contributed by atoms with Crippen LogP contribution < -0.4 is 0 Å². The number of nitrogens with zero attached hydrogens (tertiary/aromatic N) is 2. The molecule has 6 rings (SSSR count). The van der Waals surface area contributed by atoms with Crippen molar-refractivity contribution in [2.24, 2.45) is 34.5 Å². The highest BCUT2D eigenvalue weighted by molar-refractivity contribution is 5.55. The second-order valence-corrected chi connectivity index (χ2v) is 12.4. The van der Waals surface area contributed by atoms with E-state index < -0.39 is 11.2 Å². The van der Waals surface area contributed by atoms with Gasteiger partial charge in [0, 0.05) is 0 Å². The fourth-order valence-corrected chi connectivity index (χ4v) is 8.47. The molecule has 0 unspecified atom stereocenters. The van der Waals surface area contributed by atoms with Crippen molar-refractivity contribution in [3.63, 3.8) is 0 Å². The third-order valence-electron chi connectivity index (χ3n) is 10.4. The molecule has 170 valence electrons. The van der Waals surface area contributed by atoms with Gasteiger partial charge >= 0.3 is 0 Å². The summed E-state index contributed by atoms with van der Waals surface area (Å²) in [6.45, 7) is 9.22. The van der Waals surface area contributed by atoms with Gasteiger partial charge in [0.15, 0.2) is 0 Å². The fourth-order valence-electron chi connectivity index (χ4n) is 8.47. The van der Waals surface area contributed by atoms with Gasteiger partial charge in [-0.3, -0.25) is 0 Å². The first-order valence-electron chi connectivity index (χ1n) is 12.5. The SMILES string of the molecule is CC1(C)[C@@H]2CC[C@H]1[C@@](O)(c1cccc(-c3cccc([C@@]4(O)C[C@H]5CC[C@@H]4C5(C)C)n3)n1)C2. The van der Waals surface area contributed by atoms with Crippen molar-refractivity contribution in [1.29, 1.82) is 0 Å². The lowest BCUT2D eigenvalue weighted by molar-refractivity contribution is -0.0352. The first kappa shape index (κ1) is 20.8. The second-order valence-electron chi connectivity index (χ2n) is 12.4. The Labute approximate surface area is 191 Å². The zero-order valence-electron chi connectivity index (χ0n) is 19.8. The standard InChI is InChI=1S/C28H36N2O2/c1-25(2)17-11-13-21(25)27(31,15-17)23-9-5-7-19(29-23)20-8-6-10-24(30-20)28(32)16-18-12-14-22(28)26(18,3)4/h5-10,17-18,21-22,31-32H,11-16H2,1-4H3/t17-,18-,21-,22-,27-,28-/m1/s1. The van der Waals surface area contributed by atoms with E-state index in [1.807, 2.05) is 36.4 Å². The highest BCUT2D eigenvalue weighted by Gasteiger charge is 2.63. The molecule has 4 saturated carbocycles. The molecular weight excluding hydrogens is 396 g/mol. The molecule has 0 amide bonds. The summed E-state index contributed by atoms with van der Waals surface area (Å²) in [7, 11) is 0. The van der Waals surface area contributed by atoms with Crippen molar-refractivity contribution in [3.05, 3.63) is 47.8 Å². The third-order valence-corrected chi connectivity index (χ3v) is 10.4. The zero-order chi connectivity index (χ0) is 22.5. The molecule has 2 aromatic heterocycles. The molecule has 0 aromatic carbocycles. The van der Waals surface area contributed by atoms with E-state index in [0.717, 1.165) is 48.5 Å². The van der Waals surface area contributed by atoms with Gasteiger partial charge in [0.25, 0.3) is 0 Å².